The molecule has 166 valence electrons. The average Bonchev–Trinajstić information content (AvgIpc) is 3.51. The molecule has 3 saturated heterocycles. The average molecular weight is 440 g/mol. The van der Waals surface area contributed by atoms with Crippen molar-refractivity contribution >= 4 is 17.5 Å². The molecule has 0 radical (unpaired) electrons. The Kier molecular flexibility index (Phi) is 4.60. The first-order valence-corrected chi connectivity index (χ1v) is 11.3. The molecule has 2 amide bonds. The summed E-state index contributed by atoms with van der Waals surface area (Å²) in [4.78, 5) is 30.0. The third-order valence-corrected chi connectivity index (χ3v) is 7.26. The summed E-state index contributed by atoms with van der Waals surface area (Å²) in [5.74, 6) is -0.197. The van der Waals surface area contributed by atoms with Crippen molar-refractivity contribution in [1.29, 1.82) is 0 Å². The van der Waals surface area contributed by atoms with Gasteiger partial charge in [0.1, 0.15) is 5.75 Å². The minimum Gasteiger partial charge on any atom is -0.497 e. The van der Waals surface area contributed by atoms with E-state index in [-0.39, 0.29) is 17.9 Å². The van der Waals surface area contributed by atoms with E-state index >= 15 is 0 Å². The maximum atomic E-state index is 14.4. The lowest BCUT2D eigenvalue weighted by molar-refractivity contribution is -0.134. The molecule has 0 spiro atoms. The van der Waals surface area contributed by atoms with Gasteiger partial charge in [-0.2, -0.15) is 0 Å². The summed E-state index contributed by atoms with van der Waals surface area (Å²) in [7, 11) is 1.60. The van der Waals surface area contributed by atoms with E-state index in [1.807, 2.05) is 48.5 Å². The van der Waals surface area contributed by atoms with E-state index in [1.54, 1.807) is 31.4 Å². The second-order valence-electron chi connectivity index (χ2n) is 8.78. The molecule has 3 unspecified atom stereocenters. The fraction of sp³-hybridized carbons (Fsp3) is 0.259. The van der Waals surface area contributed by atoms with Gasteiger partial charge in [0.15, 0.2) is 5.54 Å². The zero-order valence-electron chi connectivity index (χ0n) is 18.4. The highest BCUT2D eigenvalue weighted by Crippen LogP contribution is 2.59. The molecule has 0 saturated carbocycles. The number of imide groups is 1. The predicted molar refractivity (Wildman–Crippen MR) is 124 cm³/mol. The fourth-order valence-corrected chi connectivity index (χ4v) is 5.96. The summed E-state index contributed by atoms with van der Waals surface area (Å²) in [6.07, 6.45) is 0.953. The van der Waals surface area contributed by atoms with E-state index in [1.165, 1.54) is 4.90 Å². The topological polar surface area (TPSA) is 53.1 Å². The van der Waals surface area contributed by atoms with Gasteiger partial charge >= 0.3 is 0 Å². The smallest absolute Gasteiger partial charge is 0.261 e. The van der Waals surface area contributed by atoms with Gasteiger partial charge in [-0.25, -0.2) is 14.9 Å². The Morgan fingerprint density at radius 3 is 2.18 bits per heavy atom. The van der Waals surface area contributed by atoms with Crippen LogP contribution in [0.4, 0.5) is 5.69 Å². The minimum atomic E-state index is -1.06. The van der Waals surface area contributed by atoms with Crippen molar-refractivity contribution in [3.8, 4) is 5.75 Å². The Balaban J connectivity index is 1.57. The first-order valence-electron chi connectivity index (χ1n) is 11.3. The number of nitrogens with zero attached hydrogens (tertiary/aromatic N) is 3. The first kappa shape index (κ1) is 20.1. The lowest BCUT2D eigenvalue weighted by Crippen LogP contribution is -2.52. The summed E-state index contributed by atoms with van der Waals surface area (Å²) in [6.45, 7) is 1.57. The number of hydrogen-bond donors (Lipinski definition) is 0. The predicted octanol–water partition coefficient (Wildman–Crippen LogP) is 3.76. The molecule has 3 aromatic carbocycles. The van der Waals surface area contributed by atoms with Gasteiger partial charge in [-0.1, -0.05) is 60.7 Å². The SMILES string of the molecule is COc1ccc(N2C(=O)C3C(c4ccccc4)N4CCCN4C3(c3ccccc3)C2=O)cc1. The van der Waals surface area contributed by atoms with Gasteiger partial charge < -0.3 is 4.74 Å². The lowest BCUT2D eigenvalue weighted by atomic mass is 9.75. The number of rotatable bonds is 4. The van der Waals surface area contributed by atoms with Crippen LogP contribution in [0.1, 0.15) is 23.6 Å². The van der Waals surface area contributed by atoms with Gasteiger partial charge in [0.2, 0.25) is 5.91 Å². The number of anilines is 1. The zero-order valence-corrected chi connectivity index (χ0v) is 18.4. The highest BCUT2D eigenvalue weighted by molar-refractivity contribution is 6.26. The van der Waals surface area contributed by atoms with E-state index in [9.17, 15) is 9.59 Å². The number of hydrogen-bond acceptors (Lipinski definition) is 5. The molecule has 0 aliphatic carbocycles. The normalized spacial score (nSPS) is 27.1. The Labute approximate surface area is 192 Å². The van der Waals surface area contributed by atoms with Gasteiger partial charge in [-0.3, -0.25) is 9.59 Å². The van der Waals surface area contributed by atoms with Crippen molar-refractivity contribution in [3.05, 3.63) is 96.1 Å². The summed E-state index contributed by atoms with van der Waals surface area (Å²) >= 11 is 0. The Morgan fingerprint density at radius 2 is 1.52 bits per heavy atom. The van der Waals surface area contributed by atoms with Crippen LogP contribution in [0.2, 0.25) is 0 Å². The van der Waals surface area contributed by atoms with Gasteiger partial charge in [-0.05, 0) is 41.8 Å². The molecule has 3 atom stereocenters. The number of carbonyl (C=O) groups excluding carboxylic acids is 2. The first-order chi connectivity index (χ1) is 16.2. The number of methoxy groups -OCH3 is 1. The van der Waals surface area contributed by atoms with Gasteiger partial charge in [0.05, 0.1) is 24.8 Å². The van der Waals surface area contributed by atoms with Crippen molar-refractivity contribution < 1.29 is 14.3 Å². The monoisotopic (exact) mass is 439 g/mol. The maximum absolute atomic E-state index is 14.4. The molecule has 6 heteroatoms. The second kappa shape index (κ2) is 7.54. The summed E-state index contributed by atoms with van der Waals surface area (Å²) < 4.78 is 5.28. The zero-order chi connectivity index (χ0) is 22.6. The molecule has 3 fully saturated rings. The van der Waals surface area contributed by atoms with Crippen LogP contribution < -0.4 is 9.64 Å². The highest BCUT2D eigenvalue weighted by Gasteiger charge is 2.73. The van der Waals surface area contributed by atoms with Crippen molar-refractivity contribution in [3.63, 3.8) is 0 Å². The standard InChI is InChI=1S/C27H25N3O3/c1-33-22-15-13-21(14-16-22)30-25(31)23-24(19-9-4-2-5-10-19)28-17-8-18-29(28)27(23,26(30)32)20-11-6-3-7-12-20/h2-7,9-16,23-24H,8,17-18H2,1H3. The molecule has 3 aromatic rings. The van der Waals surface area contributed by atoms with Crippen LogP contribution in [0, 0.1) is 5.92 Å². The van der Waals surface area contributed by atoms with E-state index < -0.39 is 11.5 Å². The second-order valence-corrected chi connectivity index (χ2v) is 8.78. The molecule has 0 N–H and O–H groups in total. The van der Waals surface area contributed by atoms with E-state index in [2.05, 4.69) is 22.2 Å². The largest absolute Gasteiger partial charge is 0.497 e. The van der Waals surface area contributed by atoms with Crippen LogP contribution in [-0.4, -0.2) is 42.0 Å². The Hall–Kier alpha value is -3.48. The molecule has 6 nitrogen and oxygen atoms in total. The fourth-order valence-electron chi connectivity index (χ4n) is 5.96. The Bertz CT molecular complexity index is 1200. The minimum absolute atomic E-state index is 0.155. The van der Waals surface area contributed by atoms with Crippen LogP contribution in [0.3, 0.4) is 0 Å². The third kappa shape index (κ3) is 2.68. The van der Waals surface area contributed by atoms with Crippen LogP contribution >= 0.6 is 0 Å². The number of amides is 2. The number of benzene rings is 3. The molecular weight excluding hydrogens is 414 g/mol. The van der Waals surface area contributed by atoms with Gasteiger partial charge in [0.25, 0.3) is 5.91 Å². The molecule has 0 bridgehead atoms. The van der Waals surface area contributed by atoms with Crippen molar-refractivity contribution in [2.45, 2.75) is 18.0 Å². The summed E-state index contributed by atoms with van der Waals surface area (Å²) in [6, 6.07) is 26.9. The molecule has 33 heavy (non-hydrogen) atoms. The number of fused-ring (bicyclic) bond motifs is 3. The molecule has 6 rings (SSSR count). The number of ether oxygens (including phenoxy) is 1. The molecule has 3 aliphatic heterocycles. The van der Waals surface area contributed by atoms with Gasteiger partial charge in [-0.15, -0.1) is 0 Å². The maximum Gasteiger partial charge on any atom is 0.261 e. The molecule has 3 aliphatic rings. The quantitative estimate of drug-likeness (QED) is 0.580. The lowest BCUT2D eigenvalue weighted by Gasteiger charge is -2.36. The van der Waals surface area contributed by atoms with E-state index in [4.69, 9.17) is 4.74 Å². The summed E-state index contributed by atoms with van der Waals surface area (Å²) in [5.41, 5.74) is 1.45. The van der Waals surface area contributed by atoms with E-state index in [0.29, 0.717) is 11.4 Å². The van der Waals surface area contributed by atoms with Crippen LogP contribution in [0.25, 0.3) is 0 Å². The van der Waals surface area contributed by atoms with Crippen molar-refractivity contribution in [1.82, 2.24) is 10.0 Å². The van der Waals surface area contributed by atoms with Gasteiger partial charge in [0, 0.05) is 13.1 Å². The molecule has 3 heterocycles. The van der Waals surface area contributed by atoms with Crippen LogP contribution in [-0.2, 0) is 15.1 Å². The van der Waals surface area contributed by atoms with Crippen molar-refractivity contribution in [2.75, 3.05) is 25.1 Å². The summed E-state index contributed by atoms with van der Waals surface area (Å²) in [5, 5.41) is 4.43. The van der Waals surface area contributed by atoms with Crippen LogP contribution in [0.5, 0.6) is 5.75 Å². The third-order valence-electron chi connectivity index (χ3n) is 7.26. The van der Waals surface area contributed by atoms with Crippen LogP contribution in [0.15, 0.2) is 84.9 Å². The van der Waals surface area contributed by atoms with Crippen molar-refractivity contribution in [2.24, 2.45) is 5.92 Å². The Morgan fingerprint density at radius 1 is 0.848 bits per heavy atom. The highest BCUT2D eigenvalue weighted by atomic mass is 16.5. The van der Waals surface area contributed by atoms with E-state index in [0.717, 1.165) is 30.6 Å². The number of carbonyl (C=O) groups is 2. The number of hydrazine groups is 1. The molecular formula is C27H25N3O3. The molecule has 0 aromatic heterocycles.